The molecular formula is C19H16FN7O. The third kappa shape index (κ3) is 2.59. The van der Waals surface area contributed by atoms with Gasteiger partial charge in [-0.25, -0.2) is 9.37 Å². The van der Waals surface area contributed by atoms with Gasteiger partial charge in [0.1, 0.15) is 17.6 Å². The topological polar surface area (TPSA) is 118 Å². The fourth-order valence-electron chi connectivity index (χ4n) is 3.49. The van der Waals surface area contributed by atoms with Crippen LogP contribution in [0.15, 0.2) is 36.7 Å². The van der Waals surface area contributed by atoms with E-state index in [1.807, 2.05) is 6.92 Å². The van der Waals surface area contributed by atoms with E-state index in [4.69, 9.17) is 10.5 Å². The normalized spacial score (nSPS) is 15.4. The minimum atomic E-state index is -0.490. The van der Waals surface area contributed by atoms with Gasteiger partial charge in [0.25, 0.3) is 0 Å². The Hall–Kier alpha value is -3.75. The molecule has 0 saturated carbocycles. The first-order valence-corrected chi connectivity index (χ1v) is 8.74. The van der Waals surface area contributed by atoms with Crippen molar-refractivity contribution in [2.75, 3.05) is 5.73 Å². The number of hydrogen-bond acceptors (Lipinski definition) is 6. The Bertz CT molecular complexity index is 1180. The van der Waals surface area contributed by atoms with Gasteiger partial charge >= 0.3 is 0 Å². The molecule has 9 heteroatoms. The van der Waals surface area contributed by atoms with Crippen molar-refractivity contribution in [3.63, 3.8) is 0 Å². The maximum atomic E-state index is 14.0. The molecule has 1 atom stereocenters. The van der Waals surface area contributed by atoms with Crippen molar-refractivity contribution >= 4 is 5.82 Å². The molecule has 0 unspecified atom stereocenters. The second-order valence-electron chi connectivity index (χ2n) is 6.66. The molecule has 0 saturated heterocycles. The Kier molecular flexibility index (Phi) is 3.61. The number of rotatable bonds is 0. The van der Waals surface area contributed by atoms with Crippen LogP contribution in [0, 0.1) is 5.82 Å². The molecule has 0 spiro atoms. The van der Waals surface area contributed by atoms with E-state index in [0.717, 1.165) is 28.1 Å². The highest BCUT2D eigenvalue weighted by Crippen LogP contribution is 2.37. The number of benzene rings is 1. The Morgan fingerprint density at radius 2 is 2.11 bits per heavy atom. The molecule has 1 aromatic carbocycles. The smallest absolute Gasteiger partial charge is 0.166 e. The first kappa shape index (κ1) is 16.4. The third-order valence-corrected chi connectivity index (χ3v) is 4.88. The first-order valence-electron chi connectivity index (χ1n) is 8.74. The van der Waals surface area contributed by atoms with Gasteiger partial charge in [0, 0.05) is 34.9 Å². The summed E-state index contributed by atoms with van der Waals surface area (Å²) in [7, 11) is 0. The summed E-state index contributed by atoms with van der Waals surface area (Å²) in [5.41, 5.74) is 11.3. The van der Waals surface area contributed by atoms with Crippen LogP contribution in [-0.4, -0.2) is 30.6 Å². The van der Waals surface area contributed by atoms with E-state index in [1.54, 1.807) is 24.5 Å². The fraction of sp³-hybridized carbons (Fsp3) is 0.158. The van der Waals surface area contributed by atoms with Crippen LogP contribution in [0.4, 0.5) is 10.2 Å². The van der Waals surface area contributed by atoms with Crippen LogP contribution in [0.2, 0.25) is 0 Å². The van der Waals surface area contributed by atoms with Crippen molar-refractivity contribution in [3.8, 4) is 28.3 Å². The van der Waals surface area contributed by atoms with Gasteiger partial charge in [-0.15, -0.1) is 0 Å². The molecule has 0 aliphatic carbocycles. The first-order chi connectivity index (χ1) is 13.6. The number of H-pyrrole nitrogens is 2. The highest BCUT2D eigenvalue weighted by molar-refractivity contribution is 5.70. The molecule has 0 radical (unpaired) electrons. The van der Waals surface area contributed by atoms with E-state index >= 15 is 0 Å². The van der Waals surface area contributed by atoms with E-state index in [-0.39, 0.29) is 11.6 Å². The number of nitrogens with one attached hydrogen (secondary N) is 2. The number of aromatic nitrogens is 6. The monoisotopic (exact) mass is 377 g/mol. The zero-order chi connectivity index (χ0) is 19.3. The van der Waals surface area contributed by atoms with Gasteiger partial charge in [0.05, 0.1) is 17.6 Å². The molecule has 1 aliphatic heterocycles. The molecule has 1 aliphatic rings. The number of fused-ring (bicyclic) bond motifs is 7. The molecule has 4 aromatic rings. The maximum absolute atomic E-state index is 14.0. The summed E-state index contributed by atoms with van der Waals surface area (Å²) in [5.74, 6) is 0.318. The van der Waals surface area contributed by atoms with Crippen LogP contribution in [0.25, 0.3) is 22.5 Å². The van der Waals surface area contributed by atoms with Crippen molar-refractivity contribution in [3.05, 3.63) is 59.3 Å². The number of anilines is 1. The van der Waals surface area contributed by atoms with Gasteiger partial charge in [-0.05, 0) is 31.2 Å². The molecule has 2 bridgehead atoms. The predicted molar refractivity (Wildman–Crippen MR) is 99.9 cm³/mol. The molecule has 0 fully saturated rings. The summed E-state index contributed by atoms with van der Waals surface area (Å²) < 4.78 is 20.1. The zero-order valence-electron chi connectivity index (χ0n) is 14.9. The summed E-state index contributed by atoms with van der Waals surface area (Å²) in [6.07, 6.45) is 3.40. The van der Waals surface area contributed by atoms with Gasteiger partial charge in [0.2, 0.25) is 0 Å². The number of nitrogens with two attached hydrogens (primary N) is 1. The Morgan fingerprint density at radius 1 is 1.21 bits per heavy atom. The van der Waals surface area contributed by atoms with Crippen LogP contribution < -0.4 is 10.5 Å². The zero-order valence-corrected chi connectivity index (χ0v) is 14.9. The average Bonchev–Trinajstić information content (AvgIpc) is 3.33. The summed E-state index contributed by atoms with van der Waals surface area (Å²) >= 11 is 0. The number of nitrogen functional groups attached to an aromatic ring is 1. The van der Waals surface area contributed by atoms with Crippen molar-refractivity contribution in [2.24, 2.45) is 0 Å². The standard InChI is InChI=1S/C19H16FN7O/c1-9-14-6-12(20)2-3-13(14)18-15(24-27-26-18)4-10-8-23-25-17(10)11-5-16(28-9)19(21)22-7-11/h2-3,5-9H,4H2,1H3,(H2,21,22)(H,23,25)(H,24,26,27)/t9-/m1/s1. The van der Waals surface area contributed by atoms with Crippen molar-refractivity contribution in [1.82, 2.24) is 30.6 Å². The lowest BCUT2D eigenvalue weighted by Crippen LogP contribution is -2.09. The van der Waals surface area contributed by atoms with E-state index in [9.17, 15) is 4.39 Å². The van der Waals surface area contributed by atoms with Crippen LogP contribution in [-0.2, 0) is 6.42 Å². The average molecular weight is 377 g/mol. The SMILES string of the molecule is C[C@H]1Oc2cc(cnc2N)-c2[nH]ncc2Cc2n[nH]nc2-c2ccc(F)cc21. The van der Waals surface area contributed by atoms with Crippen molar-refractivity contribution in [2.45, 2.75) is 19.4 Å². The Morgan fingerprint density at radius 3 is 3.00 bits per heavy atom. The number of halogens is 1. The Labute approximate surface area is 159 Å². The van der Waals surface area contributed by atoms with Gasteiger partial charge in [-0.1, -0.05) is 0 Å². The molecule has 3 aromatic heterocycles. The minimum absolute atomic E-state index is 0.258. The van der Waals surface area contributed by atoms with Crippen LogP contribution in [0.5, 0.6) is 5.75 Å². The van der Waals surface area contributed by atoms with Crippen LogP contribution in [0.1, 0.15) is 29.8 Å². The highest BCUT2D eigenvalue weighted by Gasteiger charge is 2.23. The predicted octanol–water partition coefficient (Wildman–Crippen LogP) is 3.02. The van der Waals surface area contributed by atoms with E-state index in [2.05, 4.69) is 30.6 Å². The minimum Gasteiger partial charge on any atom is -0.482 e. The van der Waals surface area contributed by atoms with E-state index in [1.165, 1.54) is 12.1 Å². The second kappa shape index (κ2) is 6.15. The van der Waals surface area contributed by atoms with Crippen LogP contribution >= 0.6 is 0 Å². The van der Waals surface area contributed by atoms with Crippen molar-refractivity contribution < 1.29 is 9.13 Å². The van der Waals surface area contributed by atoms with E-state index in [0.29, 0.717) is 23.4 Å². The van der Waals surface area contributed by atoms with Crippen LogP contribution in [0.3, 0.4) is 0 Å². The van der Waals surface area contributed by atoms with Gasteiger partial charge < -0.3 is 10.5 Å². The Balaban J connectivity index is 1.78. The maximum Gasteiger partial charge on any atom is 0.166 e. The van der Waals surface area contributed by atoms with Gasteiger partial charge in [0.15, 0.2) is 11.6 Å². The quantitative estimate of drug-likeness (QED) is 0.433. The number of pyridine rings is 1. The summed E-state index contributed by atoms with van der Waals surface area (Å²) in [5, 5.41) is 18.5. The molecule has 0 amide bonds. The molecule has 140 valence electrons. The fourth-order valence-corrected chi connectivity index (χ4v) is 3.49. The largest absolute Gasteiger partial charge is 0.482 e. The lowest BCUT2D eigenvalue weighted by Gasteiger charge is -2.20. The summed E-state index contributed by atoms with van der Waals surface area (Å²) in [6, 6.07) is 6.34. The lowest BCUT2D eigenvalue weighted by atomic mass is 9.96. The number of hydrogen-bond donors (Lipinski definition) is 3. The number of ether oxygens (including phenoxy) is 1. The summed E-state index contributed by atoms with van der Waals surface area (Å²) in [4.78, 5) is 4.25. The number of aromatic amines is 2. The van der Waals surface area contributed by atoms with Crippen molar-refractivity contribution in [1.29, 1.82) is 0 Å². The lowest BCUT2D eigenvalue weighted by molar-refractivity contribution is 0.227. The molecule has 8 nitrogen and oxygen atoms in total. The molecule has 4 N–H and O–H groups in total. The van der Waals surface area contributed by atoms with Gasteiger partial charge in [-0.3, -0.25) is 5.10 Å². The van der Waals surface area contributed by atoms with E-state index < -0.39 is 6.10 Å². The molecule has 4 heterocycles. The third-order valence-electron chi connectivity index (χ3n) is 4.88. The molecule has 28 heavy (non-hydrogen) atoms. The summed E-state index contributed by atoms with van der Waals surface area (Å²) in [6.45, 7) is 1.83. The number of nitrogens with zero attached hydrogens (tertiary/aromatic N) is 4. The molecule has 5 rings (SSSR count). The van der Waals surface area contributed by atoms with Gasteiger partial charge in [-0.2, -0.15) is 20.5 Å². The highest BCUT2D eigenvalue weighted by atomic mass is 19.1. The second-order valence-corrected chi connectivity index (χ2v) is 6.66. The molecular weight excluding hydrogens is 361 g/mol.